The highest BCUT2D eigenvalue weighted by molar-refractivity contribution is 6.39. The normalized spacial score (nSPS) is 11.6. The minimum atomic E-state index is -0.808. The third-order valence-corrected chi connectivity index (χ3v) is 4.64. The Bertz CT molecular complexity index is 1120. The topological polar surface area (TPSA) is 87.0 Å². The van der Waals surface area contributed by atoms with Crippen LogP contribution >= 0.6 is 23.2 Å². The lowest BCUT2D eigenvalue weighted by Gasteiger charge is -2.20. The number of nitrogens with zero attached hydrogens (tertiary/aromatic N) is 4. The van der Waals surface area contributed by atoms with Crippen molar-refractivity contribution in [2.24, 2.45) is 5.41 Å². The maximum Gasteiger partial charge on any atom is 0.316 e. The van der Waals surface area contributed by atoms with Gasteiger partial charge in [0.05, 0.1) is 21.0 Å². The van der Waals surface area contributed by atoms with Crippen molar-refractivity contribution in [1.82, 2.24) is 19.5 Å². The second-order valence-electron chi connectivity index (χ2n) is 7.10. The van der Waals surface area contributed by atoms with Crippen LogP contribution in [0.2, 0.25) is 10.0 Å². The Morgan fingerprint density at radius 3 is 2.29 bits per heavy atom. The number of carbonyl (C=O) groups excluding carboxylic acids is 1. The molecule has 7 nitrogen and oxygen atoms in total. The van der Waals surface area contributed by atoms with Crippen molar-refractivity contribution >= 4 is 40.3 Å². The molecule has 0 N–H and O–H groups in total. The molecule has 0 unspecified atom stereocenters. The van der Waals surface area contributed by atoms with Gasteiger partial charge in [-0.1, -0.05) is 23.2 Å². The SMILES string of the molecule is CCn1c(=O)c(-c2c(Cl)cncc2Cl)c(OC(=O)C(C)(C)C)c2nccnc21. The Morgan fingerprint density at radius 1 is 1.11 bits per heavy atom. The van der Waals surface area contributed by atoms with Gasteiger partial charge >= 0.3 is 5.97 Å². The number of carbonyl (C=O) groups is 1. The number of hydrogen-bond acceptors (Lipinski definition) is 6. The highest BCUT2D eigenvalue weighted by Gasteiger charge is 2.30. The Balaban J connectivity index is 2.48. The van der Waals surface area contributed by atoms with Crippen LogP contribution in [0.3, 0.4) is 0 Å². The van der Waals surface area contributed by atoms with E-state index in [4.69, 9.17) is 27.9 Å². The van der Waals surface area contributed by atoms with Gasteiger partial charge in [-0.15, -0.1) is 0 Å². The second-order valence-corrected chi connectivity index (χ2v) is 7.91. The van der Waals surface area contributed by atoms with E-state index in [1.807, 2.05) is 0 Å². The molecule has 9 heteroatoms. The summed E-state index contributed by atoms with van der Waals surface area (Å²) >= 11 is 12.6. The molecule has 3 aromatic rings. The monoisotopic (exact) mass is 420 g/mol. The average molecular weight is 421 g/mol. The third kappa shape index (κ3) is 3.47. The zero-order valence-electron chi connectivity index (χ0n) is 15.8. The molecule has 28 heavy (non-hydrogen) atoms. The molecule has 3 rings (SSSR count). The van der Waals surface area contributed by atoms with Crippen LogP contribution in [-0.2, 0) is 11.3 Å². The van der Waals surface area contributed by atoms with Gasteiger partial charge in [-0.2, -0.15) is 0 Å². The summed E-state index contributed by atoms with van der Waals surface area (Å²) in [5.74, 6) is -0.552. The molecular weight excluding hydrogens is 403 g/mol. The van der Waals surface area contributed by atoms with Gasteiger partial charge in [0, 0.05) is 36.9 Å². The largest absolute Gasteiger partial charge is 0.423 e. The Kier molecular flexibility index (Phi) is 5.41. The highest BCUT2D eigenvalue weighted by atomic mass is 35.5. The van der Waals surface area contributed by atoms with E-state index in [9.17, 15) is 9.59 Å². The number of aryl methyl sites for hydroxylation is 1. The summed E-state index contributed by atoms with van der Waals surface area (Å²) in [6, 6.07) is 0. The van der Waals surface area contributed by atoms with Crippen LogP contribution in [0.1, 0.15) is 27.7 Å². The van der Waals surface area contributed by atoms with Gasteiger partial charge in [0.2, 0.25) is 0 Å². The molecule has 0 amide bonds. The molecule has 146 valence electrons. The summed E-state index contributed by atoms with van der Waals surface area (Å²) < 4.78 is 7.11. The standard InChI is InChI=1S/C19H18Cl2N4O3/c1-5-25-16-14(23-6-7-24-16)15(28-18(27)19(2,3)4)13(17(25)26)12-10(20)8-22-9-11(12)21/h6-9H,5H2,1-4H3. The number of aromatic nitrogens is 4. The Hall–Kier alpha value is -2.51. The van der Waals surface area contributed by atoms with Crippen LogP contribution in [-0.4, -0.2) is 25.5 Å². The van der Waals surface area contributed by atoms with Crippen molar-refractivity contribution in [1.29, 1.82) is 0 Å². The van der Waals surface area contributed by atoms with E-state index in [0.29, 0.717) is 12.2 Å². The second kappa shape index (κ2) is 7.48. The molecule has 0 saturated heterocycles. The lowest BCUT2D eigenvalue weighted by atomic mass is 9.97. The van der Waals surface area contributed by atoms with Crippen LogP contribution in [0.15, 0.2) is 29.6 Å². The van der Waals surface area contributed by atoms with Crippen LogP contribution in [0.5, 0.6) is 5.75 Å². The zero-order chi connectivity index (χ0) is 20.6. The molecule has 0 aliphatic rings. The first-order valence-electron chi connectivity index (χ1n) is 8.56. The van der Waals surface area contributed by atoms with E-state index >= 15 is 0 Å². The van der Waals surface area contributed by atoms with Gasteiger partial charge in [-0.25, -0.2) is 9.97 Å². The fourth-order valence-electron chi connectivity index (χ4n) is 2.64. The number of ether oxygens (including phenoxy) is 1. The zero-order valence-corrected chi connectivity index (χ0v) is 17.3. The van der Waals surface area contributed by atoms with Gasteiger partial charge in [-0.3, -0.25) is 19.1 Å². The summed E-state index contributed by atoms with van der Waals surface area (Å²) in [7, 11) is 0. The Labute approximate surface area is 171 Å². The van der Waals surface area contributed by atoms with E-state index in [0.717, 1.165) is 0 Å². The highest BCUT2D eigenvalue weighted by Crippen LogP contribution is 2.40. The maximum atomic E-state index is 13.3. The van der Waals surface area contributed by atoms with E-state index in [1.165, 1.54) is 29.4 Å². The lowest BCUT2D eigenvalue weighted by molar-refractivity contribution is -0.142. The number of pyridine rings is 2. The van der Waals surface area contributed by atoms with Gasteiger partial charge < -0.3 is 4.74 Å². The smallest absolute Gasteiger partial charge is 0.316 e. The first-order chi connectivity index (χ1) is 13.2. The molecule has 0 saturated carbocycles. The minimum absolute atomic E-state index is 0.0206. The molecule has 3 aromatic heterocycles. The van der Waals surface area contributed by atoms with Crippen LogP contribution < -0.4 is 10.3 Å². The number of hydrogen-bond donors (Lipinski definition) is 0. The summed E-state index contributed by atoms with van der Waals surface area (Å²) in [5.41, 5.74) is -0.406. The molecule has 0 aliphatic heterocycles. The third-order valence-electron chi connectivity index (χ3n) is 4.06. The summed E-state index contributed by atoms with van der Waals surface area (Å²) in [5, 5.41) is 0.312. The fraction of sp³-hybridized carbons (Fsp3) is 0.316. The molecule has 0 fully saturated rings. The van der Waals surface area contributed by atoms with Gasteiger partial charge in [-0.05, 0) is 27.7 Å². The minimum Gasteiger partial charge on any atom is -0.423 e. The Morgan fingerprint density at radius 2 is 1.71 bits per heavy atom. The van der Waals surface area contributed by atoms with Gasteiger partial charge in [0.25, 0.3) is 5.56 Å². The number of fused-ring (bicyclic) bond motifs is 1. The van der Waals surface area contributed by atoms with Crippen molar-refractivity contribution < 1.29 is 9.53 Å². The molecule has 0 spiro atoms. The quantitative estimate of drug-likeness (QED) is 0.591. The van der Waals surface area contributed by atoms with Crippen molar-refractivity contribution in [2.75, 3.05) is 0 Å². The first-order valence-corrected chi connectivity index (χ1v) is 9.31. The van der Waals surface area contributed by atoms with E-state index in [1.54, 1.807) is 27.7 Å². The van der Waals surface area contributed by atoms with Crippen LogP contribution in [0.4, 0.5) is 0 Å². The van der Waals surface area contributed by atoms with E-state index < -0.39 is 16.9 Å². The number of halogens is 2. The maximum absolute atomic E-state index is 13.3. The molecule has 0 radical (unpaired) electrons. The van der Waals surface area contributed by atoms with E-state index in [-0.39, 0.29) is 32.4 Å². The summed E-state index contributed by atoms with van der Waals surface area (Å²) in [6.45, 7) is 7.26. The number of rotatable bonds is 3. The summed E-state index contributed by atoms with van der Waals surface area (Å²) in [4.78, 5) is 38.5. The predicted molar refractivity (Wildman–Crippen MR) is 108 cm³/mol. The molecule has 3 heterocycles. The first kappa shape index (κ1) is 20.2. The fourth-order valence-corrected chi connectivity index (χ4v) is 3.20. The molecule has 0 bridgehead atoms. The van der Waals surface area contributed by atoms with Gasteiger partial charge in [0.1, 0.15) is 5.52 Å². The predicted octanol–water partition coefficient (Wildman–Crippen LogP) is 4.13. The van der Waals surface area contributed by atoms with Crippen molar-refractivity contribution in [2.45, 2.75) is 34.2 Å². The molecule has 0 aromatic carbocycles. The average Bonchev–Trinajstić information content (AvgIpc) is 2.63. The van der Waals surface area contributed by atoms with Gasteiger partial charge in [0.15, 0.2) is 11.4 Å². The van der Waals surface area contributed by atoms with E-state index in [2.05, 4.69) is 15.0 Å². The molecule has 0 atom stereocenters. The summed E-state index contributed by atoms with van der Waals surface area (Å²) in [6.07, 6.45) is 5.67. The molecule has 0 aliphatic carbocycles. The van der Waals surface area contributed by atoms with Crippen molar-refractivity contribution in [3.8, 4) is 16.9 Å². The van der Waals surface area contributed by atoms with Crippen LogP contribution in [0, 0.1) is 5.41 Å². The number of esters is 1. The lowest BCUT2D eigenvalue weighted by Crippen LogP contribution is -2.29. The molecular formula is C19H18Cl2N4O3. The van der Waals surface area contributed by atoms with Crippen molar-refractivity contribution in [3.63, 3.8) is 0 Å². The van der Waals surface area contributed by atoms with Crippen molar-refractivity contribution in [3.05, 3.63) is 45.2 Å². The van der Waals surface area contributed by atoms with Crippen LogP contribution in [0.25, 0.3) is 22.3 Å².